The van der Waals surface area contributed by atoms with Crippen LogP contribution in [-0.2, 0) is 15.7 Å². The molecule has 2 aliphatic rings. The highest BCUT2D eigenvalue weighted by atomic mass is 32.2. The fourth-order valence-electron chi connectivity index (χ4n) is 4.62. The van der Waals surface area contributed by atoms with Crippen molar-refractivity contribution in [3.63, 3.8) is 0 Å². The Morgan fingerprint density at radius 3 is 2.59 bits per heavy atom. The molecular formula is C26H30N4O3S. The van der Waals surface area contributed by atoms with E-state index in [9.17, 15) is 9.00 Å². The lowest BCUT2D eigenvalue weighted by Crippen LogP contribution is -2.50. The first-order valence-corrected chi connectivity index (χ1v) is 13.1. The fraction of sp³-hybridized carbons (Fsp3) is 0.385. The molecule has 2 unspecified atom stereocenters. The van der Waals surface area contributed by atoms with Crippen LogP contribution in [0.2, 0.25) is 0 Å². The zero-order chi connectivity index (χ0) is 23.3. The van der Waals surface area contributed by atoms with Gasteiger partial charge < -0.3 is 14.4 Å². The van der Waals surface area contributed by atoms with Gasteiger partial charge in [-0.2, -0.15) is 0 Å². The molecule has 0 bridgehead atoms. The zero-order valence-electron chi connectivity index (χ0n) is 19.2. The second-order valence-electron chi connectivity index (χ2n) is 8.86. The Bertz CT molecular complexity index is 1150. The molecule has 3 heterocycles. The number of nitrogens with one attached hydrogen (secondary N) is 1. The van der Waals surface area contributed by atoms with E-state index in [-0.39, 0.29) is 5.91 Å². The number of hydrogen-bond acceptors (Lipinski definition) is 5. The molecule has 1 amide bonds. The number of hydrogen-bond donors (Lipinski definition) is 1. The number of pyridine rings is 1. The van der Waals surface area contributed by atoms with Crippen molar-refractivity contribution in [3.05, 3.63) is 66.4 Å². The molecule has 34 heavy (non-hydrogen) atoms. The Kier molecular flexibility index (Phi) is 7.18. The van der Waals surface area contributed by atoms with E-state index in [0.29, 0.717) is 22.3 Å². The summed E-state index contributed by atoms with van der Waals surface area (Å²) in [5, 5.41) is 0.947. The van der Waals surface area contributed by atoms with Gasteiger partial charge in [-0.05, 0) is 55.7 Å². The van der Waals surface area contributed by atoms with Crippen molar-refractivity contribution >= 4 is 33.5 Å². The molecule has 2 saturated heterocycles. The number of rotatable bonds is 6. The summed E-state index contributed by atoms with van der Waals surface area (Å²) in [5.74, 6) is 0.0412. The summed E-state index contributed by atoms with van der Waals surface area (Å²) >= 11 is 0. The molecule has 5 rings (SSSR count). The lowest BCUT2D eigenvalue weighted by molar-refractivity contribution is -0.0130. The van der Waals surface area contributed by atoms with Crippen molar-refractivity contribution in [2.75, 3.05) is 44.1 Å². The Morgan fingerprint density at radius 1 is 1.03 bits per heavy atom. The van der Waals surface area contributed by atoms with Gasteiger partial charge in [-0.25, -0.2) is 4.21 Å². The first-order chi connectivity index (χ1) is 16.7. The third-order valence-electron chi connectivity index (χ3n) is 6.53. The summed E-state index contributed by atoms with van der Waals surface area (Å²) in [4.78, 5) is 22.3. The highest BCUT2D eigenvalue weighted by Gasteiger charge is 2.25. The monoisotopic (exact) mass is 478 g/mol. The largest absolute Gasteiger partial charge is 0.377 e. The number of piperazine rings is 1. The van der Waals surface area contributed by atoms with Gasteiger partial charge in [0.15, 0.2) is 11.0 Å². The van der Waals surface area contributed by atoms with Crippen LogP contribution in [-0.4, -0.2) is 70.3 Å². The minimum atomic E-state index is -1.46. The quantitative estimate of drug-likeness (QED) is 0.585. The molecule has 1 N–H and O–H groups in total. The molecule has 0 radical (unpaired) electrons. The number of para-hydroxylation sites is 1. The Balaban J connectivity index is 1.16. The third-order valence-corrected chi connectivity index (χ3v) is 7.68. The van der Waals surface area contributed by atoms with Crippen LogP contribution in [0.15, 0.2) is 65.7 Å². The predicted octanol–water partition coefficient (Wildman–Crippen LogP) is 3.70. The lowest BCUT2D eigenvalue weighted by Gasteiger charge is -2.37. The molecule has 0 spiro atoms. The molecule has 0 saturated carbocycles. The van der Waals surface area contributed by atoms with Gasteiger partial charge in [-0.15, -0.1) is 0 Å². The van der Waals surface area contributed by atoms with Crippen LogP contribution in [0.25, 0.3) is 10.9 Å². The molecule has 2 aromatic carbocycles. The van der Waals surface area contributed by atoms with E-state index in [1.54, 1.807) is 30.5 Å². The maximum Gasteiger partial charge on any atom is 0.253 e. The minimum Gasteiger partial charge on any atom is -0.377 e. The van der Waals surface area contributed by atoms with E-state index < -0.39 is 11.0 Å². The second-order valence-corrected chi connectivity index (χ2v) is 10.0. The molecule has 8 heteroatoms. The van der Waals surface area contributed by atoms with Gasteiger partial charge in [0.2, 0.25) is 0 Å². The first kappa shape index (κ1) is 23.0. The number of carbonyl (C=O) groups excluding carboxylic acids is 1. The van der Waals surface area contributed by atoms with E-state index in [2.05, 4.69) is 14.6 Å². The average Bonchev–Trinajstić information content (AvgIpc) is 2.89. The van der Waals surface area contributed by atoms with Gasteiger partial charge in [-0.1, -0.05) is 18.2 Å². The molecule has 0 aliphatic carbocycles. The van der Waals surface area contributed by atoms with Crippen molar-refractivity contribution in [2.45, 2.75) is 30.3 Å². The topological polar surface area (TPSA) is 74.8 Å². The normalized spacial score (nSPS) is 20.2. The number of benzene rings is 2. The number of fused-ring (bicyclic) bond motifs is 1. The molecule has 2 atom stereocenters. The first-order valence-electron chi connectivity index (χ1n) is 11.9. The average molecular weight is 479 g/mol. The lowest BCUT2D eigenvalue weighted by atomic mass is 10.1. The number of amides is 1. The van der Waals surface area contributed by atoms with E-state index >= 15 is 0 Å². The Morgan fingerprint density at radius 2 is 1.82 bits per heavy atom. The molecule has 3 aromatic rings. The van der Waals surface area contributed by atoms with Crippen LogP contribution in [0.1, 0.15) is 29.6 Å². The second kappa shape index (κ2) is 10.6. The smallest absolute Gasteiger partial charge is 0.253 e. The van der Waals surface area contributed by atoms with Crippen molar-refractivity contribution in [2.24, 2.45) is 0 Å². The SMILES string of the molecule is O=C(c1ccc(NS(=O)c2cccc3cccnc23)cc1)N1CCN(CC2CCCCO2)CC1. The minimum absolute atomic E-state index is 0.0412. The number of anilines is 1. The number of ether oxygens (including phenoxy) is 1. The van der Waals surface area contributed by atoms with Gasteiger partial charge in [0, 0.05) is 62.2 Å². The maximum absolute atomic E-state index is 13.0. The summed E-state index contributed by atoms with van der Waals surface area (Å²) in [5.41, 5.74) is 2.06. The standard InChI is InChI=1S/C26H30N4O3S/c31-26(30-16-14-29(15-17-30)19-23-7-1-2-18-33-23)21-9-11-22(12-10-21)28-34(32)24-8-3-5-20-6-4-13-27-25(20)24/h3-6,8-13,23,28H,1-2,7,14-19H2. The Labute approximate surface area is 202 Å². The van der Waals surface area contributed by atoms with Crippen molar-refractivity contribution < 1.29 is 13.7 Å². The van der Waals surface area contributed by atoms with Gasteiger partial charge in [0.05, 0.1) is 16.5 Å². The predicted molar refractivity (Wildman–Crippen MR) is 134 cm³/mol. The van der Waals surface area contributed by atoms with E-state index in [1.165, 1.54) is 12.8 Å². The fourth-order valence-corrected chi connectivity index (χ4v) is 5.63. The molecular weight excluding hydrogens is 448 g/mol. The van der Waals surface area contributed by atoms with Gasteiger partial charge in [0.25, 0.3) is 5.91 Å². The number of aromatic nitrogens is 1. The summed E-state index contributed by atoms with van der Waals surface area (Å²) in [6.07, 6.45) is 5.60. The van der Waals surface area contributed by atoms with Crippen LogP contribution in [0, 0.1) is 0 Å². The molecule has 7 nitrogen and oxygen atoms in total. The van der Waals surface area contributed by atoms with Crippen LogP contribution < -0.4 is 4.72 Å². The highest BCUT2D eigenvalue weighted by Crippen LogP contribution is 2.22. The van der Waals surface area contributed by atoms with E-state index in [1.807, 2.05) is 35.2 Å². The van der Waals surface area contributed by atoms with Crippen LogP contribution in [0.3, 0.4) is 0 Å². The summed E-state index contributed by atoms with van der Waals surface area (Å²) in [7, 11) is -1.46. The highest BCUT2D eigenvalue weighted by molar-refractivity contribution is 7.86. The molecule has 1 aromatic heterocycles. The van der Waals surface area contributed by atoms with Gasteiger partial charge in [-0.3, -0.25) is 14.7 Å². The number of nitrogens with zero attached hydrogens (tertiary/aromatic N) is 3. The van der Waals surface area contributed by atoms with Crippen molar-refractivity contribution in [1.29, 1.82) is 0 Å². The van der Waals surface area contributed by atoms with Gasteiger partial charge >= 0.3 is 0 Å². The summed E-state index contributed by atoms with van der Waals surface area (Å²) < 4.78 is 21.8. The number of carbonyl (C=O) groups is 1. The van der Waals surface area contributed by atoms with E-state index in [4.69, 9.17) is 4.74 Å². The third kappa shape index (κ3) is 5.29. The van der Waals surface area contributed by atoms with Crippen LogP contribution >= 0.6 is 0 Å². The van der Waals surface area contributed by atoms with Gasteiger partial charge in [0.1, 0.15) is 0 Å². The van der Waals surface area contributed by atoms with Crippen LogP contribution in [0.4, 0.5) is 5.69 Å². The zero-order valence-corrected chi connectivity index (χ0v) is 20.0. The summed E-state index contributed by atoms with van der Waals surface area (Å²) in [6, 6.07) is 16.7. The molecule has 2 aliphatic heterocycles. The Hall–Kier alpha value is -2.81. The molecule has 178 valence electrons. The summed E-state index contributed by atoms with van der Waals surface area (Å²) in [6.45, 7) is 5.05. The van der Waals surface area contributed by atoms with Crippen molar-refractivity contribution in [3.8, 4) is 0 Å². The van der Waals surface area contributed by atoms with Crippen molar-refractivity contribution in [1.82, 2.24) is 14.8 Å². The van der Waals surface area contributed by atoms with E-state index in [0.717, 1.165) is 56.7 Å². The molecule has 2 fully saturated rings. The maximum atomic E-state index is 13.0. The van der Waals surface area contributed by atoms with Crippen LogP contribution in [0.5, 0.6) is 0 Å².